The Balaban J connectivity index is 1.88. The number of benzene rings is 2. The predicted octanol–water partition coefficient (Wildman–Crippen LogP) is 3.80. The van der Waals surface area contributed by atoms with Gasteiger partial charge in [0.15, 0.2) is 6.10 Å². The van der Waals surface area contributed by atoms with Gasteiger partial charge in [-0.1, -0.05) is 38.1 Å². The molecule has 0 heterocycles. The van der Waals surface area contributed by atoms with Crippen molar-refractivity contribution in [3.05, 3.63) is 64.1 Å². The lowest BCUT2D eigenvalue weighted by Gasteiger charge is -2.16. The summed E-state index contributed by atoms with van der Waals surface area (Å²) < 4.78 is 6.25. The molecular formula is C19H21BrN2O3. The minimum absolute atomic E-state index is 0.408. The molecule has 2 aromatic rings. The van der Waals surface area contributed by atoms with Crippen LogP contribution in [0, 0.1) is 0 Å². The van der Waals surface area contributed by atoms with Gasteiger partial charge in [0.25, 0.3) is 11.8 Å². The van der Waals surface area contributed by atoms with E-state index in [2.05, 4.69) is 40.6 Å². The molecule has 6 heteroatoms. The first-order valence-electron chi connectivity index (χ1n) is 8.00. The van der Waals surface area contributed by atoms with Gasteiger partial charge in [0.05, 0.1) is 5.56 Å². The van der Waals surface area contributed by atoms with E-state index < -0.39 is 17.9 Å². The van der Waals surface area contributed by atoms with Crippen molar-refractivity contribution in [2.45, 2.75) is 32.8 Å². The largest absolute Gasteiger partial charge is 0.481 e. The molecule has 0 bridgehead atoms. The summed E-state index contributed by atoms with van der Waals surface area (Å²) in [4.78, 5) is 24.1. The van der Waals surface area contributed by atoms with Crippen LogP contribution in [-0.2, 0) is 4.79 Å². The molecule has 2 aromatic carbocycles. The van der Waals surface area contributed by atoms with Crippen LogP contribution in [0.1, 0.15) is 42.6 Å². The molecule has 0 spiro atoms. The van der Waals surface area contributed by atoms with Crippen molar-refractivity contribution in [3.8, 4) is 5.75 Å². The van der Waals surface area contributed by atoms with Crippen molar-refractivity contribution < 1.29 is 14.3 Å². The van der Waals surface area contributed by atoms with E-state index in [1.165, 1.54) is 5.56 Å². The molecule has 5 nitrogen and oxygen atoms in total. The molecule has 0 aromatic heterocycles. The summed E-state index contributed by atoms with van der Waals surface area (Å²) in [5.74, 6) is 0.189. The third-order valence-corrected chi connectivity index (χ3v) is 4.34. The number of hydrogen-bond donors (Lipinski definition) is 2. The number of amides is 2. The van der Waals surface area contributed by atoms with Gasteiger partial charge in [-0.2, -0.15) is 0 Å². The molecule has 132 valence electrons. The zero-order valence-corrected chi connectivity index (χ0v) is 16.0. The maximum Gasteiger partial charge on any atom is 0.279 e. The molecule has 2 amide bonds. The molecule has 0 aliphatic rings. The minimum atomic E-state index is -0.746. The van der Waals surface area contributed by atoms with Crippen molar-refractivity contribution in [2.75, 3.05) is 0 Å². The standard InChI is InChI=1S/C19H21BrN2O3/c1-12(2)14-8-10-15(11-9-14)25-13(3)18(23)21-22-19(24)16-6-4-5-7-17(16)20/h4-13H,1-3H3,(H,21,23)(H,22,24). The zero-order valence-electron chi connectivity index (χ0n) is 14.4. The van der Waals surface area contributed by atoms with Gasteiger partial charge in [-0.25, -0.2) is 0 Å². The van der Waals surface area contributed by atoms with Gasteiger partial charge in [0, 0.05) is 4.47 Å². The van der Waals surface area contributed by atoms with Gasteiger partial charge in [0.1, 0.15) is 5.75 Å². The van der Waals surface area contributed by atoms with Crippen LogP contribution in [0.2, 0.25) is 0 Å². The van der Waals surface area contributed by atoms with Crippen LogP contribution >= 0.6 is 15.9 Å². The fourth-order valence-electron chi connectivity index (χ4n) is 2.12. The van der Waals surface area contributed by atoms with Crippen LogP contribution in [0.15, 0.2) is 53.0 Å². The third kappa shape index (κ3) is 5.32. The van der Waals surface area contributed by atoms with E-state index >= 15 is 0 Å². The SMILES string of the molecule is CC(Oc1ccc(C(C)C)cc1)C(=O)NNC(=O)c1ccccc1Br. The average Bonchev–Trinajstić information content (AvgIpc) is 2.60. The number of nitrogens with one attached hydrogen (secondary N) is 2. The van der Waals surface area contributed by atoms with Gasteiger partial charge in [-0.15, -0.1) is 0 Å². The molecule has 0 radical (unpaired) electrons. The number of carbonyl (C=O) groups excluding carboxylic acids is 2. The number of hydrogen-bond acceptors (Lipinski definition) is 3. The monoisotopic (exact) mass is 404 g/mol. The molecule has 0 aliphatic heterocycles. The second-order valence-corrected chi connectivity index (χ2v) is 6.76. The summed E-state index contributed by atoms with van der Waals surface area (Å²) in [6.45, 7) is 5.84. The normalized spacial score (nSPS) is 11.7. The fraction of sp³-hybridized carbons (Fsp3) is 0.263. The van der Waals surface area contributed by atoms with E-state index in [1.54, 1.807) is 31.2 Å². The number of ether oxygens (including phenoxy) is 1. The average molecular weight is 405 g/mol. The highest BCUT2D eigenvalue weighted by Gasteiger charge is 2.16. The van der Waals surface area contributed by atoms with Gasteiger partial charge >= 0.3 is 0 Å². The lowest BCUT2D eigenvalue weighted by atomic mass is 10.0. The Hall–Kier alpha value is -2.34. The quantitative estimate of drug-likeness (QED) is 0.744. The first kappa shape index (κ1) is 19.0. The summed E-state index contributed by atoms with van der Waals surface area (Å²) in [6.07, 6.45) is -0.746. The maximum absolute atomic E-state index is 12.1. The zero-order chi connectivity index (χ0) is 18.4. The molecule has 2 rings (SSSR count). The smallest absolute Gasteiger partial charge is 0.279 e. The van der Waals surface area contributed by atoms with Crippen LogP contribution in [0.3, 0.4) is 0 Å². The minimum Gasteiger partial charge on any atom is -0.481 e. The summed E-state index contributed by atoms with van der Waals surface area (Å²) in [5.41, 5.74) is 6.39. The van der Waals surface area contributed by atoms with Gasteiger partial charge < -0.3 is 4.74 Å². The highest BCUT2D eigenvalue weighted by Crippen LogP contribution is 2.19. The highest BCUT2D eigenvalue weighted by atomic mass is 79.9. The Morgan fingerprint density at radius 3 is 2.20 bits per heavy atom. The summed E-state index contributed by atoms with van der Waals surface area (Å²) in [7, 11) is 0. The molecule has 0 saturated carbocycles. The summed E-state index contributed by atoms with van der Waals surface area (Å²) >= 11 is 3.29. The van der Waals surface area contributed by atoms with Gasteiger partial charge in [-0.05, 0) is 58.6 Å². The number of rotatable bonds is 5. The van der Waals surface area contributed by atoms with Gasteiger partial charge in [0.2, 0.25) is 0 Å². The van der Waals surface area contributed by atoms with E-state index in [0.717, 1.165) is 0 Å². The van der Waals surface area contributed by atoms with E-state index in [4.69, 9.17) is 4.74 Å². The van der Waals surface area contributed by atoms with Crippen LogP contribution < -0.4 is 15.6 Å². The number of halogens is 1. The van der Waals surface area contributed by atoms with E-state index in [9.17, 15) is 9.59 Å². The Morgan fingerprint density at radius 1 is 0.960 bits per heavy atom. The first-order valence-corrected chi connectivity index (χ1v) is 8.79. The van der Waals surface area contributed by atoms with Crippen molar-refractivity contribution >= 4 is 27.7 Å². The Labute approximate surface area is 155 Å². The Kier molecular flexibility index (Phi) is 6.58. The van der Waals surface area contributed by atoms with Crippen molar-refractivity contribution in [1.29, 1.82) is 0 Å². The molecule has 0 saturated heterocycles. The van der Waals surface area contributed by atoms with Crippen LogP contribution in [0.25, 0.3) is 0 Å². The lowest BCUT2D eigenvalue weighted by molar-refractivity contribution is -0.128. The molecule has 2 N–H and O–H groups in total. The van der Waals surface area contributed by atoms with Crippen molar-refractivity contribution in [3.63, 3.8) is 0 Å². The van der Waals surface area contributed by atoms with E-state index in [1.807, 2.05) is 24.3 Å². The van der Waals surface area contributed by atoms with Gasteiger partial charge in [-0.3, -0.25) is 20.4 Å². The van der Waals surface area contributed by atoms with Crippen molar-refractivity contribution in [1.82, 2.24) is 10.9 Å². The van der Waals surface area contributed by atoms with E-state index in [-0.39, 0.29) is 0 Å². The maximum atomic E-state index is 12.1. The molecule has 0 fully saturated rings. The topological polar surface area (TPSA) is 67.4 Å². The number of carbonyl (C=O) groups is 2. The highest BCUT2D eigenvalue weighted by molar-refractivity contribution is 9.10. The van der Waals surface area contributed by atoms with Crippen LogP contribution in [-0.4, -0.2) is 17.9 Å². The molecule has 1 atom stereocenters. The molecule has 1 unspecified atom stereocenters. The van der Waals surface area contributed by atoms with Crippen LogP contribution in [0.5, 0.6) is 5.75 Å². The molecule has 0 aliphatic carbocycles. The fourth-order valence-corrected chi connectivity index (χ4v) is 2.59. The third-order valence-electron chi connectivity index (χ3n) is 3.65. The van der Waals surface area contributed by atoms with E-state index in [0.29, 0.717) is 21.7 Å². The molecule has 25 heavy (non-hydrogen) atoms. The Morgan fingerprint density at radius 2 is 1.60 bits per heavy atom. The predicted molar refractivity (Wildman–Crippen MR) is 100 cm³/mol. The Bertz CT molecular complexity index is 745. The van der Waals surface area contributed by atoms with Crippen molar-refractivity contribution in [2.24, 2.45) is 0 Å². The second kappa shape index (κ2) is 8.67. The second-order valence-electron chi connectivity index (χ2n) is 5.91. The molecular weight excluding hydrogens is 384 g/mol. The summed E-state index contributed by atoms with van der Waals surface area (Å²) in [6, 6.07) is 14.6. The number of hydrazine groups is 1. The summed E-state index contributed by atoms with van der Waals surface area (Å²) in [5, 5.41) is 0. The van der Waals surface area contributed by atoms with Crippen LogP contribution in [0.4, 0.5) is 0 Å². The lowest BCUT2D eigenvalue weighted by Crippen LogP contribution is -2.47. The first-order chi connectivity index (χ1) is 11.9.